The van der Waals surface area contributed by atoms with Crippen LogP contribution in [0, 0.1) is 0 Å². The molecule has 2 aromatic rings. The molecule has 0 saturated heterocycles. The van der Waals surface area contributed by atoms with Crippen LogP contribution in [0.25, 0.3) is 0 Å². The SMILES string of the molecule is CN(C(=O)OC(C)(C)C)c1cccc(COc2cc(NC(=O)OC(C)(C)C)cnc2N)c1. The van der Waals surface area contributed by atoms with E-state index in [-0.39, 0.29) is 12.4 Å². The van der Waals surface area contributed by atoms with Crippen LogP contribution in [0.15, 0.2) is 36.5 Å². The van der Waals surface area contributed by atoms with Crippen molar-refractivity contribution in [1.29, 1.82) is 0 Å². The lowest BCUT2D eigenvalue weighted by Crippen LogP contribution is -2.34. The number of carbonyl (C=O) groups excluding carboxylic acids is 2. The van der Waals surface area contributed by atoms with Crippen molar-refractivity contribution in [2.24, 2.45) is 0 Å². The molecular formula is C23H32N4O5. The normalized spacial score (nSPS) is 11.5. The van der Waals surface area contributed by atoms with Crippen molar-refractivity contribution in [3.8, 4) is 5.75 Å². The first-order valence-corrected chi connectivity index (χ1v) is 10.2. The summed E-state index contributed by atoms with van der Waals surface area (Å²) in [6.07, 6.45) is 0.362. The molecular weight excluding hydrogens is 412 g/mol. The molecule has 0 saturated carbocycles. The topological polar surface area (TPSA) is 116 Å². The summed E-state index contributed by atoms with van der Waals surface area (Å²) in [5.41, 5.74) is 6.56. The predicted octanol–water partition coefficient (Wildman–Crippen LogP) is 4.96. The lowest BCUT2D eigenvalue weighted by Gasteiger charge is -2.25. The van der Waals surface area contributed by atoms with Gasteiger partial charge in [0.1, 0.15) is 17.8 Å². The molecule has 0 aliphatic rings. The number of rotatable bonds is 5. The molecule has 1 aromatic carbocycles. The Labute approximate surface area is 188 Å². The molecule has 0 bridgehead atoms. The predicted molar refractivity (Wildman–Crippen MR) is 124 cm³/mol. The highest BCUT2D eigenvalue weighted by Gasteiger charge is 2.21. The van der Waals surface area contributed by atoms with Crippen LogP contribution >= 0.6 is 0 Å². The van der Waals surface area contributed by atoms with E-state index in [4.69, 9.17) is 19.9 Å². The number of nitrogen functional groups attached to an aromatic ring is 1. The van der Waals surface area contributed by atoms with E-state index in [2.05, 4.69) is 10.3 Å². The highest BCUT2D eigenvalue weighted by atomic mass is 16.6. The van der Waals surface area contributed by atoms with Crippen molar-refractivity contribution in [3.05, 3.63) is 42.1 Å². The van der Waals surface area contributed by atoms with Crippen LogP contribution in [0.2, 0.25) is 0 Å². The van der Waals surface area contributed by atoms with Crippen molar-refractivity contribution in [2.75, 3.05) is 23.0 Å². The fourth-order valence-electron chi connectivity index (χ4n) is 2.51. The zero-order valence-electron chi connectivity index (χ0n) is 19.7. The van der Waals surface area contributed by atoms with Crippen molar-refractivity contribution in [3.63, 3.8) is 0 Å². The van der Waals surface area contributed by atoms with Gasteiger partial charge in [0, 0.05) is 18.8 Å². The Morgan fingerprint density at radius 2 is 1.72 bits per heavy atom. The summed E-state index contributed by atoms with van der Waals surface area (Å²) in [4.78, 5) is 29.8. The van der Waals surface area contributed by atoms with E-state index in [1.165, 1.54) is 11.1 Å². The van der Waals surface area contributed by atoms with Gasteiger partial charge in [0.25, 0.3) is 0 Å². The van der Waals surface area contributed by atoms with Crippen LogP contribution < -0.4 is 20.7 Å². The Morgan fingerprint density at radius 3 is 2.34 bits per heavy atom. The molecule has 0 atom stereocenters. The molecule has 1 heterocycles. The Kier molecular flexibility index (Phi) is 7.56. The highest BCUT2D eigenvalue weighted by molar-refractivity contribution is 5.87. The molecule has 2 rings (SSSR count). The number of hydrogen-bond acceptors (Lipinski definition) is 7. The third-order valence-electron chi connectivity index (χ3n) is 3.89. The Morgan fingerprint density at radius 1 is 1.06 bits per heavy atom. The van der Waals surface area contributed by atoms with Crippen molar-refractivity contribution < 1.29 is 23.8 Å². The number of hydrogen-bond donors (Lipinski definition) is 2. The Hall–Kier alpha value is -3.49. The van der Waals surface area contributed by atoms with Gasteiger partial charge in [-0.3, -0.25) is 10.2 Å². The second-order valence-corrected chi connectivity index (χ2v) is 9.23. The maximum absolute atomic E-state index is 12.3. The molecule has 0 aliphatic carbocycles. The van der Waals surface area contributed by atoms with E-state index in [0.29, 0.717) is 17.1 Å². The minimum atomic E-state index is -0.623. The second kappa shape index (κ2) is 9.76. The maximum Gasteiger partial charge on any atom is 0.414 e. The fourth-order valence-corrected chi connectivity index (χ4v) is 2.51. The molecule has 9 nitrogen and oxygen atoms in total. The number of pyridine rings is 1. The minimum absolute atomic E-state index is 0.178. The van der Waals surface area contributed by atoms with Gasteiger partial charge < -0.3 is 19.9 Å². The largest absolute Gasteiger partial charge is 0.485 e. The number of anilines is 3. The van der Waals surface area contributed by atoms with E-state index in [1.54, 1.807) is 40.0 Å². The van der Waals surface area contributed by atoms with Crippen molar-refractivity contribution >= 4 is 29.4 Å². The lowest BCUT2D eigenvalue weighted by molar-refractivity contribution is 0.0587. The fraction of sp³-hybridized carbons (Fsp3) is 0.435. The van der Waals surface area contributed by atoms with Crippen LogP contribution in [0.4, 0.5) is 26.8 Å². The summed E-state index contributed by atoms with van der Waals surface area (Å²) < 4.78 is 16.4. The number of carbonyl (C=O) groups is 2. The quantitative estimate of drug-likeness (QED) is 0.669. The smallest absolute Gasteiger partial charge is 0.414 e. The van der Waals surface area contributed by atoms with Gasteiger partial charge in [-0.1, -0.05) is 12.1 Å². The molecule has 174 valence electrons. The van der Waals surface area contributed by atoms with Gasteiger partial charge in [-0.05, 0) is 59.2 Å². The molecule has 2 amide bonds. The molecule has 0 unspecified atom stereocenters. The number of nitrogens with two attached hydrogens (primary N) is 1. The highest BCUT2D eigenvalue weighted by Crippen LogP contribution is 2.25. The minimum Gasteiger partial charge on any atom is -0.485 e. The van der Waals surface area contributed by atoms with E-state index in [0.717, 1.165) is 5.56 Å². The van der Waals surface area contributed by atoms with Crippen molar-refractivity contribution in [2.45, 2.75) is 59.4 Å². The zero-order valence-corrected chi connectivity index (χ0v) is 19.7. The van der Waals surface area contributed by atoms with E-state index < -0.39 is 23.4 Å². The van der Waals surface area contributed by atoms with Crippen LogP contribution in [-0.4, -0.2) is 35.4 Å². The summed E-state index contributed by atoms with van der Waals surface area (Å²) in [7, 11) is 1.64. The Bertz CT molecular complexity index is 964. The standard InChI is InChI=1S/C23H32N4O5/c1-22(2,3)31-20(28)26-16-12-18(19(24)25-13-16)30-14-15-9-8-10-17(11-15)27(7)21(29)32-23(4,5)6/h8-13H,14H2,1-7H3,(H2,24,25)(H,26,28). The van der Waals surface area contributed by atoms with Gasteiger partial charge in [-0.2, -0.15) is 0 Å². The van der Waals surface area contributed by atoms with Gasteiger partial charge in [-0.15, -0.1) is 0 Å². The molecule has 3 N–H and O–H groups in total. The van der Waals surface area contributed by atoms with Gasteiger partial charge in [0.05, 0.1) is 11.9 Å². The zero-order chi connectivity index (χ0) is 24.1. The molecule has 0 radical (unpaired) electrons. The summed E-state index contributed by atoms with van der Waals surface area (Å²) in [5.74, 6) is 0.492. The molecule has 0 aliphatic heterocycles. The van der Waals surface area contributed by atoms with Crippen LogP contribution in [0.1, 0.15) is 47.1 Å². The Balaban J connectivity index is 2.07. The molecule has 9 heteroatoms. The number of nitrogens with one attached hydrogen (secondary N) is 1. The molecule has 0 fully saturated rings. The van der Waals surface area contributed by atoms with Crippen LogP contribution in [0.3, 0.4) is 0 Å². The first-order chi connectivity index (χ1) is 14.7. The van der Waals surface area contributed by atoms with E-state index in [9.17, 15) is 9.59 Å². The van der Waals surface area contributed by atoms with Crippen LogP contribution in [-0.2, 0) is 16.1 Å². The summed E-state index contributed by atoms with van der Waals surface area (Å²) in [5, 5.41) is 2.60. The van der Waals surface area contributed by atoms with E-state index in [1.807, 2.05) is 39.0 Å². The average Bonchev–Trinajstić information content (AvgIpc) is 2.65. The van der Waals surface area contributed by atoms with Crippen LogP contribution in [0.5, 0.6) is 5.75 Å². The lowest BCUT2D eigenvalue weighted by atomic mass is 10.2. The molecule has 32 heavy (non-hydrogen) atoms. The maximum atomic E-state index is 12.3. The van der Waals surface area contributed by atoms with Gasteiger partial charge in [0.2, 0.25) is 0 Å². The monoisotopic (exact) mass is 444 g/mol. The van der Waals surface area contributed by atoms with Gasteiger partial charge in [-0.25, -0.2) is 14.6 Å². The number of ether oxygens (including phenoxy) is 3. The molecule has 0 spiro atoms. The van der Waals surface area contributed by atoms with E-state index >= 15 is 0 Å². The third-order valence-corrected chi connectivity index (χ3v) is 3.89. The first kappa shape index (κ1) is 24.8. The first-order valence-electron chi connectivity index (χ1n) is 10.2. The molecule has 1 aromatic heterocycles. The number of aromatic nitrogens is 1. The van der Waals surface area contributed by atoms with Gasteiger partial charge in [0.15, 0.2) is 11.6 Å². The summed E-state index contributed by atoms with van der Waals surface area (Å²) in [6.45, 7) is 10.9. The number of amides is 2. The van der Waals surface area contributed by atoms with Crippen molar-refractivity contribution in [1.82, 2.24) is 4.98 Å². The van der Waals surface area contributed by atoms with Gasteiger partial charge >= 0.3 is 12.2 Å². The second-order valence-electron chi connectivity index (χ2n) is 9.23. The number of benzene rings is 1. The third kappa shape index (κ3) is 7.98. The number of nitrogens with zero attached hydrogens (tertiary/aromatic N) is 2. The summed E-state index contributed by atoms with van der Waals surface area (Å²) in [6, 6.07) is 8.86. The average molecular weight is 445 g/mol. The summed E-state index contributed by atoms with van der Waals surface area (Å²) >= 11 is 0.